The zero-order chi connectivity index (χ0) is 19.6. The number of carbonyl (C=O) groups excluding carboxylic acids is 3. The maximum atomic E-state index is 12.6. The lowest BCUT2D eigenvalue weighted by Crippen LogP contribution is -2.42. The minimum atomic E-state index is -0.520. The molecule has 2 aliphatic heterocycles. The number of thioether (sulfide) groups is 1. The van der Waals surface area contributed by atoms with Gasteiger partial charge in [-0.3, -0.25) is 19.3 Å². The molecule has 144 valence electrons. The Labute approximate surface area is 171 Å². The van der Waals surface area contributed by atoms with Gasteiger partial charge in [-0.25, -0.2) is 0 Å². The predicted octanol–water partition coefficient (Wildman–Crippen LogP) is 4.14. The van der Waals surface area contributed by atoms with Crippen LogP contribution in [-0.4, -0.2) is 51.6 Å². The first-order valence-electron chi connectivity index (χ1n) is 8.58. The minimum absolute atomic E-state index is 0.0457. The van der Waals surface area contributed by atoms with Crippen molar-refractivity contribution in [2.45, 2.75) is 25.7 Å². The van der Waals surface area contributed by atoms with Crippen molar-refractivity contribution in [3.8, 4) is 5.75 Å². The van der Waals surface area contributed by atoms with Crippen LogP contribution in [-0.2, 0) is 9.59 Å². The summed E-state index contributed by atoms with van der Waals surface area (Å²) in [6, 6.07) is 2.89. The topological polar surface area (TPSA) is 77.9 Å². The van der Waals surface area contributed by atoms with Crippen molar-refractivity contribution in [1.82, 2.24) is 9.80 Å². The van der Waals surface area contributed by atoms with Gasteiger partial charge in [0.1, 0.15) is 6.54 Å². The van der Waals surface area contributed by atoms with E-state index in [-0.39, 0.29) is 33.2 Å². The van der Waals surface area contributed by atoms with Crippen molar-refractivity contribution in [3.63, 3.8) is 0 Å². The molecule has 1 N–H and O–H groups in total. The van der Waals surface area contributed by atoms with Gasteiger partial charge in [0.25, 0.3) is 11.1 Å². The van der Waals surface area contributed by atoms with E-state index in [1.165, 1.54) is 18.2 Å². The molecule has 0 radical (unpaired) electrons. The van der Waals surface area contributed by atoms with Crippen molar-refractivity contribution in [2.75, 3.05) is 19.6 Å². The number of rotatable bonds is 3. The second kappa shape index (κ2) is 8.54. The Morgan fingerprint density at radius 1 is 1.11 bits per heavy atom. The van der Waals surface area contributed by atoms with Crippen LogP contribution in [0.2, 0.25) is 10.0 Å². The number of hydrogen-bond acceptors (Lipinski definition) is 5. The summed E-state index contributed by atoms with van der Waals surface area (Å²) in [7, 11) is 0. The Morgan fingerprint density at radius 2 is 1.70 bits per heavy atom. The van der Waals surface area contributed by atoms with E-state index in [2.05, 4.69) is 0 Å². The van der Waals surface area contributed by atoms with Crippen LogP contribution >= 0.6 is 35.0 Å². The number of amides is 3. The Morgan fingerprint density at radius 3 is 2.30 bits per heavy atom. The van der Waals surface area contributed by atoms with E-state index in [9.17, 15) is 19.5 Å². The fourth-order valence-corrected chi connectivity index (χ4v) is 4.35. The van der Waals surface area contributed by atoms with E-state index < -0.39 is 11.1 Å². The largest absolute Gasteiger partial charge is 0.505 e. The average molecular weight is 429 g/mol. The first kappa shape index (κ1) is 20.0. The molecule has 3 amide bonds. The normalized spacial score (nSPS) is 19.7. The van der Waals surface area contributed by atoms with Gasteiger partial charge in [-0.2, -0.15) is 0 Å². The summed E-state index contributed by atoms with van der Waals surface area (Å²) in [6.07, 6.45) is 5.53. The summed E-state index contributed by atoms with van der Waals surface area (Å²) in [5.41, 5.74) is 0.479. The van der Waals surface area contributed by atoms with Gasteiger partial charge >= 0.3 is 0 Å². The van der Waals surface area contributed by atoms with E-state index in [1.54, 1.807) is 4.90 Å². The molecule has 0 unspecified atom stereocenters. The molecule has 6 nitrogen and oxygen atoms in total. The molecule has 1 aromatic carbocycles. The molecule has 0 atom stereocenters. The second-order valence-electron chi connectivity index (χ2n) is 6.40. The van der Waals surface area contributed by atoms with Gasteiger partial charge in [-0.15, -0.1) is 0 Å². The minimum Gasteiger partial charge on any atom is -0.505 e. The molecule has 1 aromatic rings. The lowest BCUT2D eigenvalue weighted by Gasteiger charge is -2.22. The Balaban J connectivity index is 1.74. The third kappa shape index (κ3) is 4.59. The molecule has 0 saturated carbocycles. The van der Waals surface area contributed by atoms with Crippen LogP contribution in [0.3, 0.4) is 0 Å². The highest BCUT2D eigenvalue weighted by Crippen LogP contribution is 2.36. The number of benzene rings is 1. The van der Waals surface area contributed by atoms with Crippen LogP contribution in [0.25, 0.3) is 6.08 Å². The van der Waals surface area contributed by atoms with Gasteiger partial charge in [-0.1, -0.05) is 36.0 Å². The molecule has 0 spiro atoms. The molecule has 2 fully saturated rings. The van der Waals surface area contributed by atoms with Crippen LogP contribution in [0.1, 0.15) is 31.2 Å². The highest BCUT2D eigenvalue weighted by molar-refractivity contribution is 8.18. The predicted molar refractivity (Wildman–Crippen MR) is 106 cm³/mol. The zero-order valence-electron chi connectivity index (χ0n) is 14.4. The van der Waals surface area contributed by atoms with E-state index in [0.29, 0.717) is 18.7 Å². The van der Waals surface area contributed by atoms with Crippen molar-refractivity contribution in [1.29, 1.82) is 0 Å². The highest BCUT2D eigenvalue weighted by atomic mass is 35.5. The summed E-state index contributed by atoms with van der Waals surface area (Å²) >= 11 is 12.5. The maximum absolute atomic E-state index is 12.6. The lowest BCUT2D eigenvalue weighted by molar-refractivity contribution is -0.135. The zero-order valence-corrected chi connectivity index (χ0v) is 16.7. The Hall–Kier alpha value is -1.70. The number of phenols is 1. The van der Waals surface area contributed by atoms with Crippen molar-refractivity contribution >= 4 is 58.1 Å². The molecule has 27 heavy (non-hydrogen) atoms. The summed E-state index contributed by atoms with van der Waals surface area (Å²) in [6.45, 7) is 1.07. The monoisotopic (exact) mass is 428 g/mol. The number of hydrogen-bond donors (Lipinski definition) is 1. The standard InChI is InChI=1S/C18H18Cl2N2O4S/c19-12-7-11(8-13(20)16(12)24)9-14-17(25)22(18(26)27-14)10-15(23)21-5-3-1-2-4-6-21/h7-9,24H,1-6,10H2. The molecule has 2 heterocycles. The summed E-state index contributed by atoms with van der Waals surface area (Å²) in [5.74, 6) is -0.976. The van der Waals surface area contributed by atoms with Crippen LogP contribution in [0.15, 0.2) is 17.0 Å². The maximum Gasteiger partial charge on any atom is 0.294 e. The first-order chi connectivity index (χ1) is 12.9. The van der Waals surface area contributed by atoms with Crippen molar-refractivity contribution in [2.24, 2.45) is 0 Å². The Bertz CT molecular complexity index is 797. The fraction of sp³-hybridized carbons (Fsp3) is 0.389. The number of likely N-dealkylation sites (tertiary alicyclic amines) is 1. The third-order valence-electron chi connectivity index (χ3n) is 4.46. The highest BCUT2D eigenvalue weighted by Gasteiger charge is 2.37. The SMILES string of the molecule is O=C(CN1C(=O)SC(=Cc2cc(Cl)c(O)c(Cl)c2)C1=O)N1CCCCCC1. The molecule has 0 aliphatic carbocycles. The first-order valence-corrected chi connectivity index (χ1v) is 10.1. The van der Waals surface area contributed by atoms with E-state index in [0.717, 1.165) is 42.3 Å². The second-order valence-corrected chi connectivity index (χ2v) is 8.20. The Kier molecular flexibility index (Phi) is 6.34. The van der Waals surface area contributed by atoms with Crippen molar-refractivity contribution in [3.05, 3.63) is 32.6 Å². The molecule has 0 bridgehead atoms. The van der Waals surface area contributed by atoms with E-state index in [4.69, 9.17) is 23.2 Å². The summed E-state index contributed by atoms with van der Waals surface area (Å²) in [5, 5.41) is 9.22. The number of aromatic hydroxyl groups is 1. The molecular formula is C18H18Cl2N2O4S. The summed E-state index contributed by atoms with van der Waals surface area (Å²) < 4.78 is 0. The lowest BCUT2D eigenvalue weighted by atomic mass is 10.2. The van der Waals surface area contributed by atoms with Crippen LogP contribution in [0.5, 0.6) is 5.75 Å². The van der Waals surface area contributed by atoms with Crippen LogP contribution < -0.4 is 0 Å². The number of imide groups is 1. The quantitative estimate of drug-likeness (QED) is 0.731. The smallest absolute Gasteiger partial charge is 0.294 e. The molecular weight excluding hydrogens is 411 g/mol. The molecule has 9 heteroatoms. The molecule has 0 aromatic heterocycles. The van der Waals surface area contributed by atoms with Gasteiger partial charge < -0.3 is 10.0 Å². The van der Waals surface area contributed by atoms with Gasteiger partial charge in [-0.05, 0) is 48.4 Å². The van der Waals surface area contributed by atoms with E-state index in [1.807, 2.05) is 0 Å². The van der Waals surface area contributed by atoms with Crippen LogP contribution in [0, 0.1) is 0 Å². The van der Waals surface area contributed by atoms with Gasteiger partial charge in [0.05, 0.1) is 15.0 Å². The van der Waals surface area contributed by atoms with Gasteiger partial charge in [0, 0.05) is 13.1 Å². The number of nitrogens with zero attached hydrogens (tertiary/aromatic N) is 2. The van der Waals surface area contributed by atoms with Gasteiger partial charge in [0.15, 0.2) is 5.75 Å². The van der Waals surface area contributed by atoms with Gasteiger partial charge in [0.2, 0.25) is 5.91 Å². The number of halogens is 2. The third-order valence-corrected chi connectivity index (χ3v) is 5.95. The average Bonchev–Trinajstić information content (AvgIpc) is 2.84. The fourth-order valence-electron chi connectivity index (χ4n) is 3.01. The number of phenolic OH excluding ortho intramolecular Hbond substituents is 1. The van der Waals surface area contributed by atoms with Crippen LogP contribution in [0.4, 0.5) is 4.79 Å². The number of carbonyl (C=O) groups is 3. The van der Waals surface area contributed by atoms with Crippen molar-refractivity contribution < 1.29 is 19.5 Å². The summed E-state index contributed by atoms with van der Waals surface area (Å²) in [4.78, 5) is 40.1. The van der Waals surface area contributed by atoms with E-state index >= 15 is 0 Å². The molecule has 3 rings (SSSR count). The molecule has 2 aliphatic rings. The molecule has 2 saturated heterocycles.